The van der Waals surface area contributed by atoms with Crippen LogP contribution in [0.5, 0.6) is 0 Å². The molecule has 2 atom stereocenters. The third-order valence-electron chi connectivity index (χ3n) is 3.92. The second-order valence-corrected chi connectivity index (χ2v) is 4.95. The van der Waals surface area contributed by atoms with Gasteiger partial charge in [-0.15, -0.1) is 0 Å². The van der Waals surface area contributed by atoms with Crippen LogP contribution in [-0.2, 0) is 0 Å². The molecule has 1 amide bonds. The lowest BCUT2D eigenvalue weighted by molar-refractivity contribution is 0.0887. The Kier molecular flexibility index (Phi) is 2.89. The monoisotopic (exact) mass is 234 g/mol. The fraction of sp³-hybridized carbons (Fsp3) is 0.615. The number of carbonyl (C=O) groups excluding carboxylic acids is 1. The van der Waals surface area contributed by atoms with Crippen LogP contribution in [0.3, 0.4) is 0 Å². The zero-order chi connectivity index (χ0) is 11.7. The predicted molar refractivity (Wildman–Crippen MR) is 63.8 cm³/mol. The Morgan fingerprint density at radius 3 is 3.12 bits per heavy atom. The lowest BCUT2D eigenvalue weighted by atomic mass is 9.99. The highest BCUT2D eigenvalue weighted by Gasteiger charge is 2.36. The predicted octanol–water partition coefficient (Wildman–Crippen LogP) is 1.64. The standard InChI is InChI=1S/C13H18N2O2/c16-13(12-5-3-9-17-12)14-10-6-8-15-7-2-1-4-11(10)15/h3,5,9-11H,1-2,4,6-8H2,(H,14,16)/t10-,11-/m1/s1. The van der Waals surface area contributed by atoms with Crippen molar-refractivity contribution in [2.24, 2.45) is 0 Å². The van der Waals surface area contributed by atoms with Gasteiger partial charge in [0.05, 0.1) is 6.26 Å². The Labute approximate surface area is 101 Å². The Morgan fingerprint density at radius 2 is 2.29 bits per heavy atom. The second kappa shape index (κ2) is 4.53. The number of amides is 1. The first-order chi connectivity index (χ1) is 8.34. The molecule has 1 aromatic rings. The number of nitrogens with zero attached hydrogens (tertiary/aromatic N) is 1. The number of furan rings is 1. The summed E-state index contributed by atoms with van der Waals surface area (Å²) in [4.78, 5) is 14.4. The van der Waals surface area contributed by atoms with E-state index in [4.69, 9.17) is 4.42 Å². The number of rotatable bonds is 2. The van der Waals surface area contributed by atoms with Gasteiger partial charge in [0.25, 0.3) is 5.91 Å². The molecule has 0 unspecified atom stereocenters. The summed E-state index contributed by atoms with van der Waals surface area (Å²) in [5.41, 5.74) is 0. The number of piperidine rings is 1. The number of carbonyl (C=O) groups is 1. The van der Waals surface area contributed by atoms with E-state index < -0.39 is 0 Å². The van der Waals surface area contributed by atoms with Gasteiger partial charge < -0.3 is 9.73 Å². The fourth-order valence-corrected chi connectivity index (χ4v) is 3.06. The van der Waals surface area contributed by atoms with Crippen molar-refractivity contribution in [3.8, 4) is 0 Å². The molecule has 2 saturated heterocycles. The number of hydrogen-bond donors (Lipinski definition) is 1. The summed E-state index contributed by atoms with van der Waals surface area (Å²) in [7, 11) is 0. The Morgan fingerprint density at radius 1 is 1.35 bits per heavy atom. The topological polar surface area (TPSA) is 45.5 Å². The minimum absolute atomic E-state index is 0.0765. The number of nitrogens with one attached hydrogen (secondary N) is 1. The van der Waals surface area contributed by atoms with Gasteiger partial charge in [-0.05, 0) is 37.9 Å². The van der Waals surface area contributed by atoms with Gasteiger partial charge in [0.2, 0.25) is 0 Å². The molecule has 0 bridgehead atoms. The van der Waals surface area contributed by atoms with Crippen LogP contribution in [0, 0.1) is 0 Å². The lowest BCUT2D eigenvalue weighted by Gasteiger charge is -2.32. The molecule has 0 aromatic carbocycles. The van der Waals surface area contributed by atoms with E-state index in [0.29, 0.717) is 17.8 Å². The zero-order valence-electron chi connectivity index (χ0n) is 9.89. The van der Waals surface area contributed by atoms with Crippen LogP contribution in [0.25, 0.3) is 0 Å². The first-order valence-corrected chi connectivity index (χ1v) is 6.43. The van der Waals surface area contributed by atoms with Crippen molar-refractivity contribution in [3.05, 3.63) is 24.2 Å². The van der Waals surface area contributed by atoms with Gasteiger partial charge in [0.1, 0.15) is 0 Å². The summed E-state index contributed by atoms with van der Waals surface area (Å²) >= 11 is 0. The molecule has 1 N–H and O–H groups in total. The van der Waals surface area contributed by atoms with Gasteiger partial charge in [-0.2, -0.15) is 0 Å². The van der Waals surface area contributed by atoms with E-state index in [1.807, 2.05) is 0 Å². The molecule has 2 aliphatic rings. The average Bonchev–Trinajstić information content (AvgIpc) is 2.98. The summed E-state index contributed by atoms with van der Waals surface area (Å²) in [6.45, 7) is 2.31. The van der Waals surface area contributed by atoms with Crippen molar-refractivity contribution in [2.45, 2.75) is 37.8 Å². The van der Waals surface area contributed by atoms with E-state index in [9.17, 15) is 4.79 Å². The van der Waals surface area contributed by atoms with E-state index in [1.165, 1.54) is 32.1 Å². The van der Waals surface area contributed by atoms with Crippen molar-refractivity contribution in [3.63, 3.8) is 0 Å². The van der Waals surface area contributed by atoms with Gasteiger partial charge in [-0.1, -0.05) is 6.42 Å². The van der Waals surface area contributed by atoms with Crippen LogP contribution >= 0.6 is 0 Å². The largest absolute Gasteiger partial charge is 0.459 e. The van der Waals surface area contributed by atoms with Crippen LogP contribution in [-0.4, -0.2) is 36.0 Å². The van der Waals surface area contributed by atoms with Crippen LogP contribution < -0.4 is 5.32 Å². The zero-order valence-corrected chi connectivity index (χ0v) is 9.89. The van der Waals surface area contributed by atoms with Crippen molar-refractivity contribution in [1.82, 2.24) is 10.2 Å². The molecule has 3 heterocycles. The van der Waals surface area contributed by atoms with Crippen molar-refractivity contribution in [1.29, 1.82) is 0 Å². The maximum atomic E-state index is 11.9. The first kappa shape index (κ1) is 10.8. The molecular formula is C13H18N2O2. The minimum atomic E-state index is -0.0765. The molecule has 0 aliphatic carbocycles. The van der Waals surface area contributed by atoms with Gasteiger partial charge in [0.15, 0.2) is 5.76 Å². The Bertz CT molecular complexity index is 388. The summed E-state index contributed by atoms with van der Waals surface area (Å²) in [6.07, 6.45) is 6.40. The second-order valence-electron chi connectivity index (χ2n) is 4.95. The van der Waals surface area contributed by atoms with Crippen LogP contribution in [0.15, 0.2) is 22.8 Å². The molecule has 0 radical (unpaired) electrons. The SMILES string of the molecule is O=C(N[C@@H]1CCN2CCCC[C@H]12)c1ccco1. The fourth-order valence-electron chi connectivity index (χ4n) is 3.06. The molecule has 4 nitrogen and oxygen atoms in total. The van der Waals surface area contributed by atoms with E-state index in [-0.39, 0.29) is 5.91 Å². The Balaban J connectivity index is 1.64. The normalized spacial score (nSPS) is 28.9. The van der Waals surface area contributed by atoms with Crippen molar-refractivity contribution >= 4 is 5.91 Å². The molecular weight excluding hydrogens is 216 g/mol. The van der Waals surface area contributed by atoms with Gasteiger partial charge in [0, 0.05) is 18.6 Å². The smallest absolute Gasteiger partial charge is 0.287 e. The molecule has 92 valence electrons. The third-order valence-corrected chi connectivity index (χ3v) is 3.92. The maximum absolute atomic E-state index is 11.9. The summed E-state index contributed by atoms with van der Waals surface area (Å²) in [5, 5.41) is 3.11. The minimum Gasteiger partial charge on any atom is -0.459 e. The van der Waals surface area contributed by atoms with E-state index in [0.717, 1.165) is 13.0 Å². The highest BCUT2D eigenvalue weighted by atomic mass is 16.3. The third kappa shape index (κ3) is 2.09. The maximum Gasteiger partial charge on any atom is 0.287 e. The first-order valence-electron chi connectivity index (χ1n) is 6.43. The molecule has 1 aromatic heterocycles. The number of fused-ring (bicyclic) bond motifs is 1. The Hall–Kier alpha value is -1.29. The average molecular weight is 234 g/mol. The van der Waals surface area contributed by atoms with Gasteiger partial charge >= 0.3 is 0 Å². The summed E-state index contributed by atoms with van der Waals surface area (Å²) in [6, 6.07) is 4.30. The molecule has 2 fully saturated rings. The highest BCUT2D eigenvalue weighted by Crippen LogP contribution is 2.27. The highest BCUT2D eigenvalue weighted by molar-refractivity contribution is 5.91. The molecule has 4 heteroatoms. The van der Waals surface area contributed by atoms with Crippen LogP contribution in [0.4, 0.5) is 0 Å². The quantitative estimate of drug-likeness (QED) is 0.846. The lowest BCUT2D eigenvalue weighted by Crippen LogP contribution is -2.46. The van der Waals surface area contributed by atoms with Crippen LogP contribution in [0.2, 0.25) is 0 Å². The van der Waals surface area contributed by atoms with Gasteiger partial charge in [-0.3, -0.25) is 9.69 Å². The van der Waals surface area contributed by atoms with E-state index >= 15 is 0 Å². The van der Waals surface area contributed by atoms with Crippen molar-refractivity contribution in [2.75, 3.05) is 13.1 Å². The summed E-state index contributed by atoms with van der Waals surface area (Å²) in [5.74, 6) is 0.340. The van der Waals surface area contributed by atoms with E-state index in [1.54, 1.807) is 12.1 Å². The molecule has 2 aliphatic heterocycles. The van der Waals surface area contributed by atoms with E-state index in [2.05, 4.69) is 10.2 Å². The van der Waals surface area contributed by atoms with Crippen molar-refractivity contribution < 1.29 is 9.21 Å². The summed E-state index contributed by atoms with van der Waals surface area (Å²) < 4.78 is 5.12. The molecule has 0 saturated carbocycles. The number of hydrogen-bond acceptors (Lipinski definition) is 3. The molecule has 0 spiro atoms. The van der Waals surface area contributed by atoms with Crippen LogP contribution in [0.1, 0.15) is 36.2 Å². The van der Waals surface area contributed by atoms with Gasteiger partial charge in [-0.25, -0.2) is 0 Å². The molecule has 17 heavy (non-hydrogen) atoms. The molecule has 3 rings (SSSR count).